The number of benzene rings is 2. The Morgan fingerprint density at radius 1 is 0.875 bits per heavy atom. The van der Waals surface area contributed by atoms with E-state index in [-0.39, 0.29) is 0 Å². The number of fused-ring (bicyclic) bond motifs is 1. The van der Waals surface area contributed by atoms with Crippen molar-refractivity contribution in [3.8, 4) is 5.75 Å². The number of methoxy groups -OCH3 is 1. The lowest BCUT2D eigenvalue weighted by atomic mass is 9.54. The molecule has 0 amide bonds. The van der Waals surface area contributed by atoms with Gasteiger partial charge in [-0.1, -0.05) is 30.3 Å². The van der Waals surface area contributed by atoms with Crippen LogP contribution in [0.4, 0.5) is 0 Å². The highest BCUT2D eigenvalue weighted by Crippen LogP contribution is 2.53. The van der Waals surface area contributed by atoms with Crippen LogP contribution in [0, 0.1) is 23.7 Å². The molecule has 2 aromatic rings. The molecule has 0 aliphatic heterocycles. The fourth-order valence-corrected chi connectivity index (χ4v) is 6.15. The quantitative estimate of drug-likeness (QED) is 0.876. The van der Waals surface area contributed by atoms with Gasteiger partial charge in [-0.05, 0) is 72.8 Å². The third-order valence-corrected chi connectivity index (χ3v) is 6.95. The molecule has 4 bridgehead atoms. The topological polar surface area (TPSA) is 21.3 Å². The van der Waals surface area contributed by atoms with Crippen molar-refractivity contribution in [2.24, 2.45) is 23.7 Å². The van der Waals surface area contributed by atoms with E-state index in [1.807, 2.05) is 0 Å². The molecule has 0 radical (unpaired) electrons. The molecular formula is C22H27NO. The summed E-state index contributed by atoms with van der Waals surface area (Å²) in [7, 11) is 1.76. The second kappa shape index (κ2) is 5.77. The molecule has 0 saturated heterocycles. The summed E-state index contributed by atoms with van der Waals surface area (Å²) in [5.41, 5.74) is 1.40. The zero-order valence-electron chi connectivity index (χ0n) is 14.5. The third kappa shape index (κ3) is 2.35. The van der Waals surface area contributed by atoms with Gasteiger partial charge >= 0.3 is 0 Å². The second-order valence-electron chi connectivity index (χ2n) is 8.31. The first kappa shape index (κ1) is 14.8. The predicted octanol–water partition coefficient (Wildman–Crippen LogP) is 4.76. The van der Waals surface area contributed by atoms with Crippen LogP contribution in [-0.2, 0) is 6.54 Å². The van der Waals surface area contributed by atoms with Gasteiger partial charge in [-0.2, -0.15) is 0 Å². The first-order chi connectivity index (χ1) is 11.8. The van der Waals surface area contributed by atoms with E-state index in [0.717, 1.165) is 42.0 Å². The SMILES string of the molecule is COc1ccc(CNC2C3CC4CC(C3)CC2C4)c2ccccc12. The molecule has 24 heavy (non-hydrogen) atoms. The van der Waals surface area contributed by atoms with E-state index in [0.29, 0.717) is 0 Å². The summed E-state index contributed by atoms with van der Waals surface area (Å²) in [6.07, 6.45) is 7.45. The maximum Gasteiger partial charge on any atom is 0.126 e. The molecule has 4 saturated carbocycles. The maximum absolute atomic E-state index is 5.53. The van der Waals surface area contributed by atoms with Gasteiger partial charge in [0.25, 0.3) is 0 Å². The molecule has 0 aromatic heterocycles. The zero-order chi connectivity index (χ0) is 16.1. The van der Waals surface area contributed by atoms with Gasteiger partial charge in [0.15, 0.2) is 0 Å². The highest BCUT2D eigenvalue weighted by Gasteiger charge is 2.47. The van der Waals surface area contributed by atoms with Crippen molar-refractivity contribution in [3.05, 3.63) is 42.0 Å². The Morgan fingerprint density at radius 2 is 1.54 bits per heavy atom. The molecule has 0 spiro atoms. The van der Waals surface area contributed by atoms with Crippen LogP contribution in [0.3, 0.4) is 0 Å². The molecule has 4 fully saturated rings. The van der Waals surface area contributed by atoms with Crippen LogP contribution in [0.5, 0.6) is 5.75 Å². The number of hydrogen-bond acceptors (Lipinski definition) is 2. The molecule has 4 aliphatic carbocycles. The summed E-state index contributed by atoms with van der Waals surface area (Å²) in [5, 5.41) is 6.52. The largest absolute Gasteiger partial charge is 0.496 e. The molecule has 2 heteroatoms. The second-order valence-corrected chi connectivity index (χ2v) is 8.31. The van der Waals surface area contributed by atoms with Crippen LogP contribution in [0.15, 0.2) is 36.4 Å². The minimum absolute atomic E-state index is 0.749. The number of ether oxygens (including phenoxy) is 1. The van der Waals surface area contributed by atoms with Gasteiger partial charge in [0.1, 0.15) is 5.75 Å². The first-order valence-electron chi connectivity index (χ1n) is 9.60. The zero-order valence-corrected chi connectivity index (χ0v) is 14.5. The fourth-order valence-electron chi connectivity index (χ4n) is 6.15. The first-order valence-corrected chi connectivity index (χ1v) is 9.60. The molecule has 0 unspecified atom stereocenters. The van der Waals surface area contributed by atoms with E-state index in [1.54, 1.807) is 7.11 Å². The van der Waals surface area contributed by atoms with Gasteiger partial charge in [-0.25, -0.2) is 0 Å². The summed E-state index contributed by atoms with van der Waals surface area (Å²) in [6, 6.07) is 13.7. The normalized spacial score (nSPS) is 34.0. The Labute approximate surface area is 144 Å². The van der Waals surface area contributed by atoms with Crippen LogP contribution in [0.1, 0.15) is 37.7 Å². The third-order valence-electron chi connectivity index (χ3n) is 6.95. The van der Waals surface area contributed by atoms with Crippen molar-refractivity contribution in [1.29, 1.82) is 0 Å². The Kier molecular flexibility index (Phi) is 3.55. The highest BCUT2D eigenvalue weighted by atomic mass is 16.5. The van der Waals surface area contributed by atoms with Crippen molar-refractivity contribution < 1.29 is 4.74 Å². The summed E-state index contributed by atoms with van der Waals surface area (Å²) in [5.74, 6) is 4.94. The van der Waals surface area contributed by atoms with E-state index in [1.165, 1.54) is 48.4 Å². The molecule has 0 heterocycles. The standard InChI is InChI=1S/C22H27NO/c1-24-21-7-6-16(19-4-2-3-5-20(19)21)13-23-22-17-9-14-8-15(11-17)12-18(22)10-14/h2-7,14-15,17-18,22-23H,8-13H2,1H3. The van der Waals surface area contributed by atoms with Crippen molar-refractivity contribution in [2.75, 3.05) is 7.11 Å². The Bertz CT molecular complexity index is 725. The smallest absolute Gasteiger partial charge is 0.126 e. The van der Waals surface area contributed by atoms with Gasteiger partial charge < -0.3 is 10.1 Å². The van der Waals surface area contributed by atoms with Gasteiger partial charge in [-0.15, -0.1) is 0 Å². The van der Waals surface area contributed by atoms with Crippen molar-refractivity contribution >= 4 is 10.8 Å². The van der Waals surface area contributed by atoms with E-state index in [4.69, 9.17) is 4.74 Å². The molecule has 2 nitrogen and oxygen atoms in total. The average molecular weight is 321 g/mol. The van der Waals surface area contributed by atoms with E-state index in [9.17, 15) is 0 Å². The Morgan fingerprint density at radius 3 is 2.21 bits per heavy atom. The molecule has 0 atom stereocenters. The molecule has 4 aliphatic rings. The predicted molar refractivity (Wildman–Crippen MR) is 98.2 cm³/mol. The molecule has 2 aromatic carbocycles. The molecule has 6 rings (SSSR count). The van der Waals surface area contributed by atoms with Crippen molar-refractivity contribution in [2.45, 2.75) is 44.7 Å². The summed E-state index contributed by atoms with van der Waals surface area (Å²) < 4.78 is 5.53. The fraction of sp³-hybridized carbons (Fsp3) is 0.545. The monoisotopic (exact) mass is 321 g/mol. The van der Waals surface area contributed by atoms with Crippen molar-refractivity contribution in [1.82, 2.24) is 5.32 Å². The summed E-state index contributed by atoms with van der Waals surface area (Å²) in [4.78, 5) is 0. The van der Waals surface area contributed by atoms with E-state index < -0.39 is 0 Å². The van der Waals surface area contributed by atoms with Gasteiger partial charge in [0, 0.05) is 18.0 Å². The molecule has 126 valence electrons. The van der Waals surface area contributed by atoms with Crippen LogP contribution in [0.25, 0.3) is 10.8 Å². The van der Waals surface area contributed by atoms with Crippen LogP contribution in [0.2, 0.25) is 0 Å². The lowest BCUT2D eigenvalue weighted by Gasteiger charge is -2.54. The minimum atomic E-state index is 0.749. The lowest BCUT2D eigenvalue weighted by molar-refractivity contribution is -0.0142. The van der Waals surface area contributed by atoms with E-state index >= 15 is 0 Å². The summed E-state index contributed by atoms with van der Waals surface area (Å²) >= 11 is 0. The molecular weight excluding hydrogens is 294 g/mol. The lowest BCUT2D eigenvalue weighted by Crippen LogP contribution is -2.54. The summed E-state index contributed by atoms with van der Waals surface area (Å²) in [6.45, 7) is 0.984. The van der Waals surface area contributed by atoms with Crippen LogP contribution >= 0.6 is 0 Å². The number of rotatable bonds is 4. The number of hydrogen-bond donors (Lipinski definition) is 1. The highest BCUT2D eigenvalue weighted by molar-refractivity contribution is 5.91. The van der Waals surface area contributed by atoms with Gasteiger partial charge in [0.2, 0.25) is 0 Å². The minimum Gasteiger partial charge on any atom is -0.496 e. The van der Waals surface area contributed by atoms with Crippen molar-refractivity contribution in [3.63, 3.8) is 0 Å². The van der Waals surface area contributed by atoms with E-state index in [2.05, 4.69) is 41.7 Å². The number of nitrogens with one attached hydrogen (secondary N) is 1. The average Bonchev–Trinajstić information content (AvgIpc) is 2.60. The van der Waals surface area contributed by atoms with Gasteiger partial charge in [0.05, 0.1) is 7.11 Å². The van der Waals surface area contributed by atoms with Crippen LogP contribution in [-0.4, -0.2) is 13.2 Å². The van der Waals surface area contributed by atoms with Crippen LogP contribution < -0.4 is 10.1 Å². The Balaban J connectivity index is 1.38. The van der Waals surface area contributed by atoms with Gasteiger partial charge in [-0.3, -0.25) is 0 Å². The Hall–Kier alpha value is -1.54. The molecule has 1 N–H and O–H groups in total. The maximum atomic E-state index is 5.53.